The molecule has 142 valence electrons. The van der Waals surface area contributed by atoms with Crippen LogP contribution >= 0.6 is 11.3 Å². The minimum Gasteiger partial charge on any atom is -0.278 e. The Labute approximate surface area is 163 Å². The number of hydrogen-bond acceptors (Lipinski definition) is 4. The maximum Gasteiger partial charge on any atom is 0.280 e. The molecule has 0 bridgehead atoms. The number of fused-ring (bicyclic) bond motifs is 1. The van der Waals surface area contributed by atoms with Crippen molar-refractivity contribution in [3.63, 3.8) is 0 Å². The average Bonchev–Trinajstić information content (AvgIpc) is 3.23. The van der Waals surface area contributed by atoms with Crippen molar-refractivity contribution in [2.45, 2.75) is 13.5 Å². The fraction of sp³-hybridized carbons (Fsp3) is 0.150. The molecule has 0 atom stereocenters. The first-order valence-electron chi connectivity index (χ1n) is 8.54. The third kappa shape index (κ3) is 3.38. The van der Waals surface area contributed by atoms with Gasteiger partial charge in [-0.2, -0.15) is 5.10 Å². The molecule has 1 amide bonds. The molecule has 2 aromatic heterocycles. The lowest BCUT2D eigenvalue weighted by atomic mass is 10.2. The molecule has 0 aliphatic rings. The molecule has 0 fully saturated rings. The van der Waals surface area contributed by atoms with Crippen LogP contribution in [0.3, 0.4) is 0 Å². The standard InChI is InChI=1S/C20H16F2N4OS/c1-12-8-16(24-25(12)2)19(27)26(11-13-6-4-3-5-7-13)20-23-18-15(22)9-14(21)10-17(18)28-20/h3-10H,11H2,1-2H3. The molecule has 0 N–H and O–H groups in total. The van der Waals surface area contributed by atoms with Crippen molar-refractivity contribution >= 4 is 32.6 Å². The summed E-state index contributed by atoms with van der Waals surface area (Å²) in [6, 6.07) is 13.1. The van der Waals surface area contributed by atoms with E-state index in [0.717, 1.165) is 28.7 Å². The largest absolute Gasteiger partial charge is 0.280 e. The summed E-state index contributed by atoms with van der Waals surface area (Å²) in [5.41, 5.74) is 2.03. The molecule has 0 aliphatic carbocycles. The van der Waals surface area contributed by atoms with Crippen molar-refractivity contribution in [3.05, 3.63) is 77.1 Å². The van der Waals surface area contributed by atoms with Crippen molar-refractivity contribution in [2.24, 2.45) is 7.05 Å². The number of hydrogen-bond donors (Lipinski definition) is 0. The third-order valence-corrected chi connectivity index (χ3v) is 5.42. The minimum absolute atomic E-state index is 0.0458. The Kier molecular flexibility index (Phi) is 4.64. The maximum absolute atomic E-state index is 14.1. The van der Waals surface area contributed by atoms with Crippen LogP contribution in [0.1, 0.15) is 21.7 Å². The number of carbonyl (C=O) groups is 1. The number of aryl methyl sites for hydroxylation is 2. The number of carbonyl (C=O) groups excluding carboxylic acids is 1. The fourth-order valence-electron chi connectivity index (χ4n) is 2.86. The highest BCUT2D eigenvalue weighted by Gasteiger charge is 2.25. The van der Waals surface area contributed by atoms with Crippen molar-refractivity contribution in [1.29, 1.82) is 0 Å². The lowest BCUT2D eigenvalue weighted by Crippen LogP contribution is -2.30. The van der Waals surface area contributed by atoms with E-state index in [0.29, 0.717) is 4.70 Å². The summed E-state index contributed by atoms with van der Waals surface area (Å²) in [7, 11) is 1.75. The smallest absolute Gasteiger partial charge is 0.278 e. The van der Waals surface area contributed by atoms with Gasteiger partial charge in [0.05, 0.1) is 11.2 Å². The van der Waals surface area contributed by atoms with Gasteiger partial charge in [0.2, 0.25) is 0 Å². The number of amides is 1. The van der Waals surface area contributed by atoms with E-state index in [1.54, 1.807) is 17.8 Å². The summed E-state index contributed by atoms with van der Waals surface area (Å²) in [5, 5.41) is 4.54. The quantitative estimate of drug-likeness (QED) is 0.510. The topological polar surface area (TPSA) is 51.0 Å². The molecule has 0 saturated carbocycles. The molecule has 28 heavy (non-hydrogen) atoms. The van der Waals surface area contributed by atoms with E-state index in [1.165, 1.54) is 11.0 Å². The number of rotatable bonds is 4. The van der Waals surface area contributed by atoms with Gasteiger partial charge in [-0.05, 0) is 24.6 Å². The summed E-state index contributed by atoms with van der Waals surface area (Å²) in [4.78, 5) is 18.9. The maximum atomic E-state index is 14.1. The highest BCUT2D eigenvalue weighted by Crippen LogP contribution is 2.32. The lowest BCUT2D eigenvalue weighted by Gasteiger charge is -2.19. The van der Waals surface area contributed by atoms with E-state index in [9.17, 15) is 13.6 Å². The second-order valence-electron chi connectivity index (χ2n) is 6.40. The Balaban J connectivity index is 1.80. The van der Waals surface area contributed by atoms with Crippen LogP contribution in [0.4, 0.5) is 13.9 Å². The monoisotopic (exact) mass is 398 g/mol. The first-order chi connectivity index (χ1) is 13.4. The molecular formula is C20H16F2N4OS. The molecule has 0 unspecified atom stereocenters. The van der Waals surface area contributed by atoms with Gasteiger partial charge in [-0.3, -0.25) is 14.4 Å². The van der Waals surface area contributed by atoms with Gasteiger partial charge < -0.3 is 0 Å². The van der Waals surface area contributed by atoms with E-state index in [1.807, 2.05) is 37.3 Å². The number of thiazole rings is 1. The molecule has 5 nitrogen and oxygen atoms in total. The molecule has 0 spiro atoms. The van der Waals surface area contributed by atoms with Gasteiger partial charge in [-0.25, -0.2) is 13.8 Å². The van der Waals surface area contributed by atoms with Crippen LogP contribution in [-0.4, -0.2) is 20.7 Å². The first kappa shape index (κ1) is 18.2. The molecule has 4 aromatic rings. The van der Waals surface area contributed by atoms with Crippen molar-refractivity contribution in [1.82, 2.24) is 14.8 Å². The first-order valence-corrected chi connectivity index (χ1v) is 9.36. The van der Waals surface area contributed by atoms with Gasteiger partial charge in [-0.1, -0.05) is 41.7 Å². The second-order valence-corrected chi connectivity index (χ2v) is 7.41. The van der Waals surface area contributed by atoms with Crippen LogP contribution in [0.5, 0.6) is 0 Å². The van der Waals surface area contributed by atoms with E-state index in [-0.39, 0.29) is 28.8 Å². The molecule has 2 heterocycles. The van der Waals surface area contributed by atoms with Gasteiger partial charge >= 0.3 is 0 Å². The second kappa shape index (κ2) is 7.12. The van der Waals surface area contributed by atoms with Crippen LogP contribution in [0.25, 0.3) is 10.2 Å². The van der Waals surface area contributed by atoms with E-state index >= 15 is 0 Å². The van der Waals surface area contributed by atoms with Gasteiger partial charge in [0.1, 0.15) is 11.3 Å². The van der Waals surface area contributed by atoms with Gasteiger partial charge in [0.25, 0.3) is 5.91 Å². The summed E-state index contributed by atoms with van der Waals surface area (Å²) >= 11 is 1.07. The average molecular weight is 398 g/mol. The number of halogens is 2. The molecule has 0 radical (unpaired) electrons. The number of aromatic nitrogens is 3. The summed E-state index contributed by atoms with van der Waals surface area (Å²) in [6.45, 7) is 2.08. The van der Waals surface area contributed by atoms with Gasteiger partial charge in [0.15, 0.2) is 16.6 Å². The van der Waals surface area contributed by atoms with Crippen LogP contribution in [0, 0.1) is 18.6 Å². The Hall–Kier alpha value is -3.13. The normalized spacial score (nSPS) is 11.1. The Morgan fingerprint density at radius 1 is 1.18 bits per heavy atom. The predicted octanol–water partition coefficient (Wildman–Crippen LogP) is 4.46. The van der Waals surface area contributed by atoms with Crippen molar-refractivity contribution < 1.29 is 13.6 Å². The van der Waals surface area contributed by atoms with E-state index in [2.05, 4.69) is 10.1 Å². The Morgan fingerprint density at radius 2 is 1.93 bits per heavy atom. The molecular weight excluding hydrogens is 382 g/mol. The zero-order valence-electron chi connectivity index (χ0n) is 15.2. The Bertz CT molecular complexity index is 1150. The number of benzene rings is 2. The number of nitrogens with zero attached hydrogens (tertiary/aromatic N) is 4. The van der Waals surface area contributed by atoms with Crippen LogP contribution in [0.15, 0.2) is 48.5 Å². The lowest BCUT2D eigenvalue weighted by molar-refractivity contribution is 0.0979. The van der Waals surface area contributed by atoms with E-state index < -0.39 is 11.6 Å². The third-order valence-electron chi connectivity index (χ3n) is 4.39. The molecule has 0 aliphatic heterocycles. The molecule has 8 heteroatoms. The SMILES string of the molecule is Cc1cc(C(=O)N(Cc2ccccc2)c2nc3c(F)cc(F)cc3s2)nn1C. The van der Waals surface area contributed by atoms with Gasteiger partial charge in [0, 0.05) is 18.8 Å². The zero-order chi connectivity index (χ0) is 19.8. The van der Waals surface area contributed by atoms with Crippen LogP contribution in [0.2, 0.25) is 0 Å². The zero-order valence-corrected chi connectivity index (χ0v) is 16.0. The molecule has 0 saturated heterocycles. The highest BCUT2D eigenvalue weighted by molar-refractivity contribution is 7.22. The van der Waals surface area contributed by atoms with Crippen molar-refractivity contribution in [3.8, 4) is 0 Å². The predicted molar refractivity (Wildman–Crippen MR) is 104 cm³/mol. The highest BCUT2D eigenvalue weighted by atomic mass is 32.1. The molecule has 4 rings (SSSR count). The molecule has 2 aromatic carbocycles. The van der Waals surface area contributed by atoms with Crippen LogP contribution < -0.4 is 4.90 Å². The Morgan fingerprint density at radius 3 is 2.61 bits per heavy atom. The van der Waals surface area contributed by atoms with E-state index in [4.69, 9.17) is 0 Å². The minimum atomic E-state index is -0.752. The fourth-order valence-corrected chi connectivity index (χ4v) is 3.86. The summed E-state index contributed by atoms with van der Waals surface area (Å²) < 4.78 is 29.6. The summed E-state index contributed by atoms with van der Waals surface area (Å²) in [6.07, 6.45) is 0. The number of anilines is 1. The van der Waals surface area contributed by atoms with Crippen LogP contribution in [-0.2, 0) is 13.6 Å². The summed E-state index contributed by atoms with van der Waals surface area (Å²) in [5.74, 6) is -1.78. The van der Waals surface area contributed by atoms with Crippen molar-refractivity contribution in [2.75, 3.05) is 4.90 Å². The van der Waals surface area contributed by atoms with Gasteiger partial charge in [-0.15, -0.1) is 0 Å².